The Bertz CT molecular complexity index is 864. The number of benzene rings is 2. The summed E-state index contributed by atoms with van der Waals surface area (Å²) in [6.07, 6.45) is 5.93. The lowest BCUT2D eigenvalue weighted by Gasteiger charge is -2.24. The van der Waals surface area contributed by atoms with Crippen molar-refractivity contribution in [3.05, 3.63) is 88.4 Å². The number of halogens is 1. The topological polar surface area (TPSA) is 24.4 Å². The summed E-state index contributed by atoms with van der Waals surface area (Å²) < 4.78 is 13.2. The molecule has 140 valence electrons. The van der Waals surface area contributed by atoms with Crippen LogP contribution in [0.5, 0.6) is 0 Å². The largest absolute Gasteiger partial charge is 0.347 e. The molecule has 2 nitrogen and oxygen atoms in total. The van der Waals surface area contributed by atoms with Crippen LogP contribution in [-0.4, -0.2) is 6.34 Å². The third kappa shape index (κ3) is 4.69. The van der Waals surface area contributed by atoms with E-state index in [1.165, 1.54) is 28.8 Å². The van der Waals surface area contributed by atoms with Crippen molar-refractivity contribution in [1.29, 1.82) is 0 Å². The van der Waals surface area contributed by atoms with Crippen molar-refractivity contribution < 1.29 is 4.39 Å². The summed E-state index contributed by atoms with van der Waals surface area (Å²) in [6.45, 7) is 4.23. The summed E-state index contributed by atoms with van der Waals surface area (Å²) in [4.78, 5) is 4.71. The van der Waals surface area contributed by atoms with Crippen molar-refractivity contribution in [2.24, 2.45) is 4.99 Å². The van der Waals surface area contributed by atoms with E-state index >= 15 is 0 Å². The van der Waals surface area contributed by atoms with E-state index in [1.807, 2.05) is 19.1 Å². The number of allylic oxidation sites excluding steroid dienone is 2. The van der Waals surface area contributed by atoms with Crippen molar-refractivity contribution in [3.8, 4) is 0 Å². The second-order valence-corrected chi connectivity index (χ2v) is 7.06. The van der Waals surface area contributed by atoms with Crippen LogP contribution in [0.4, 0.5) is 4.39 Å². The normalized spacial score (nSPS) is 17.2. The maximum absolute atomic E-state index is 13.2. The second-order valence-electron chi connectivity index (χ2n) is 6.75. The Kier molecular flexibility index (Phi) is 6.51. The number of nitrogens with one attached hydrogen (secondary N) is 1. The average Bonchev–Trinajstić information content (AvgIpc) is 2.70. The molecule has 1 unspecified atom stereocenters. The third-order valence-electron chi connectivity index (χ3n) is 4.78. The third-order valence-corrected chi connectivity index (χ3v) is 5.14. The molecule has 0 bridgehead atoms. The molecule has 1 N–H and O–H groups in total. The molecule has 2 aromatic rings. The fourth-order valence-corrected chi connectivity index (χ4v) is 3.50. The first-order valence-electron chi connectivity index (χ1n) is 9.27. The zero-order valence-electron chi connectivity index (χ0n) is 15.7. The molecule has 0 saturated carbocycles. The molecule has 4 heteroatoms. The van der Waals surface area contributed by atoms with E-state index < -0.39 is 0 Å². The van der Waals surface area contributed by atoms with Gasteiger partial charge in [-0.3, -0.25) is 4.99 Å². The lowest BCUT2D eigenvalue weighted by atomic mass is 9.91. The molecule has 0 amide bonds. The van der Waals surface area contributed by atoms with E-state index in [0.29, 0.717) is 0 Å². The molecule has 0 fully saturated rings. The Morgan fingerprint density at radius 1 is 1.15 bits per heavy atom. The van der Waals surface area contributed by atoms with Crippen LogP contribution in [0, 0.1) is 5.82 Å². The molecule has 1 aliphatic heterocycles. The van der Waals surface area contributed by atoms with Crippen LogP contribution in [0.15, 0.2) is 70.9 Å². The molecule has 1 aliphatic rings. The SMILES string of the molecule is CCCC1=C(/C=C(\C)c2ccc(F)cc2)NC=NC1c1ccc(CS)cc1. The van der Waals surface area contributed by atoms with Crippen molar-refractivity contribution in [2.75, 3.05) is 0 Å². The first-order valence-corrected chi connectivity index (χ1v) is 9.90. The lowest BCUT2D eigenvalue weighted by molar-refractivity contribution is 0.627. The smallest absolute Gasteiger partial charge is 0.123 e. The Balaban J connectivity index is 1.97. The van der Waals surface area contributed by atoms with Crippen LogP contribution in [-0.2, 0) is 5.75 Å². The first-order chi connectivity index (χ1) is 13.1. The highest BCUT2D eigenvalue weighted by atomic mass is 32.1. The number of hydrogen-bond donors (Lipinski definition) is 2. The van der Waals surface area contributed by atoms with Crippen LogP contribution in [0.25, 0.3) is 5.57 Å². The van der Waals surface area contributed by atoms with Crippen LogP contribution in [0.3, 0.4) is 0 Å². The van der Waals surface area contributed by atoms with E-state index in [4.69, 9.17) is 4.99 Å². The Morgan fingerprint density at radius 2 is 1.85 bits per heavy atom. The second kappa shape index (κ2) is 9.05. The predicted octanol–water partition coefficient (Wildman–Crippen LogP) is 6.09. The minimum Gasteiger partial charge on any atom is -0.347 e. The molecule has 0 radical (unpaired) electrons. The zero-order chi connectivity index (χ0) is 19.2. The van der Waals surface area contributed by atoms with Gasteiger partial charge in [-0.05, 0) is 59.4 Å². The summed E-state index contributed by atoms with van der Waals surface area (Å²) in [6, 6.07) is 15.1. The maximum Gasteiger partial charge on any atom is 0.123 e. The quantitative estimate of drug-likeness (QED) is 0.583. The van der Waals surface area contributed by atoms with Crippen molar-refractivity contribution in [1.82, 2.24) is 5.32 Å². The Hall–Kier alpha value is -2.33. The number of rotatable bonds is 6. The van der Waals surface area contributed by atoms with Gasteiger partial charge < -0.3 is 5.32 Å². The highest BCUT2D eigenvalue weighted by Gasteiger charge is 2.21. The molecule has 2 aromatic carbocycles. The molecular weight excluding hydrogens is 355 g/mol. The summed E-state index contributed by atoms with van der Waals surface area (Å²) in [5.41, 5.74) is 6.85. The average molecular weight is 381 g/mol. The van der Waals surface area contributed by atoms with Crippen molar-refractivity contribution in [2.45, 2.75) is 38.5 Å². The van der Waals surface area contributed by atoms with Gasteiger partial charge in [0.25, 0.3) is 0 Å². The number of hydrogen-bond acceptors (Lipinski definition) is 3. The minimum absolute atomic E-state index is 0.0208. The fraction of sp³-hybridized carbons (Fsp3) is 0.261. The van der Waals surface area contributed by atoms with Gasteiger partial charge >= 0.3 is 0 Å². The lowest BCUT2D eigenvalue weighted by Crippen LogP contribution is -2.21. The molecule has 1 heterocycles. The van der Waals surface area contributed by atoms with E-state index in [2.05, 4.69) is 55.2 Å². The van der Waals surface area contributed by atoms with Crippen LogP contribution < -0.4 is 5.32 Å². The number of nitrogens with zero attached hydrogens (tertiary/aromatic N) is 1. The van der Waals surface area contributed by atoms with E-state index in [1.54, 1.807) is 6.34 Å². The molecule has 0 aliphatic carbocycles. The van der Waals surface area contributed by atoms with Crippen LogP contribution in [0.1, 0.15) is 49.4 Å². The number of thiol groups is 1. The van der Waals surface area contributed by atoms with Crippen LogP contribution in [0.2, 0.25) is 0 Å². The Labute approximate surface area is 166 Å². The van der Waals surface area contributed by atoms with E-state index in [9.17, 15) is 4.39 Å². The fourth-order valence-electron chi connectivity index (χ4n) is 3.29. The van der Waals surface area contributed by atoms with Gasteiger partial charge in [0.1, 0.15) is 5.82 Å². The minimum atomic E-state index is -0.218. The number of aliphatic imine (C=N–C) groups is 1. The van der Waals surface area contributed by atoms with Gasteiger partial charge in [-0.2, -0.15) is 12.6 Å². The molecule has 0 spiro atoms. The summed E-state index contributed by atoms with van der Waals surface area (Å²) in [5, 5.41) is 3.31. The van der Waals surface area contributed by atoms with Gasteiger partial charge in [-0.1, -0.05) is 49.7 Å². The van der Waals surface area contributed by atoms with Gasteiger partial charge in [0.05, 0.1) is 12.4 Å². The van der Waals surface area contributed by atoms with Gasteiger partial charge in [-0.25, -0.2) is 4.39 Å². The van der Waals surface area contributed by atoms with Gasteiger partial charge in [0.2, 0.25) is 0 Å². The van der Waals surface area contributed by atoms with Crippen LogP contribution >= 0.6 is 12.6 Å². The standard InChI is InChI=1S/C23H25FN2S/c1-3-4-21-22(13-16(2)18-9-11-20(24)12-10-18)25-15-26-23(21)19-7-5-17(14-27)6-8-19/h5-13,15,23,27H,3-4,14H2,1-2H3,(H,25,26)/b16-13+. The maximum atomic E-state index is 13.2. The summed E-state index contributed by atoms with van der Waals surface area (Å²) in [7, 11) is 0. The Morgan fingerprint density at radius 3 is 2.48 bits per heavy atom. The first kappa shape index (κ1) is 19.4. The van der Waals surface area contributed by atoms with Crippen molar-refractivity contribution in [3.63, 3.8) is 0 Å². The molecule has 0 saturated heterocycles. The van der Waals surface area contributed by atoms with Gasteiger partial charge in [-0.15, -0.1) is 0 Å². The van der Waals surface area contributed by atoms with E-state index in [-0.39, 0.29) is 11.9 Å². The van der Waals surface area contributed by atoms with Crippen molar-refractivity contribution >= 4 is 24.5 Å². The highest BCUT2D eigenvalue weighted by molar-refractivity contribution is 7.79. The molecular formula is C23H25FN2S. The highest BCUT2D eigenvalue weighted by Crippen LogP contribution is 2.34. The summed E-state index contributed by atoms with van der Waals surface area (Å²) >= 11 is 4.34. The monoisotopic (exact) mass is 380 g/mol. The molecule has 3 rings (SSSR count). The van der Waals surface area contributed by atoms with Gasteiger partial charge in [0.15, 0.2) is 0 Å². The predicted molar refractivity (Wildman–Crippen MR) is 115 cm³/mol. The van der Waals surface area contributed by atoms with Gasteiger partial charge in [0, 0.05) is 11.4 Å². The molecule has 1 atom stereocenters. The molecule has 27 heavy (non-hydrogen) atoms. The molecule has 0 aromatic heterocycles. The summed E-state index contributed by atoms with van der Waals surface area (Å²) in [5.74, 6) is 0.517. The zero-order valence-corrected chi connectivity index (χ0v) is 16.6. The van der Waals surface area contributed by atoms with E-state index in [0.717, 1.165) is 35.4 Å².